The first-order chi connectivity index (χ1) is 9.10. The van der Waals surface area contributed by atoms with Crippen molar-refractivity contribution in [3.05, 3.63) is 58.1 Å². The lowest BCUT2D eigenvalue weighted by molar-refractivity contribution is 0.318. The summed E-state index contributed by atoms with van der Waals surface area (Å²) in [5, 5.41) is 12.4. The molecular formula is C13H10Cl2N2O2. The Hall–Kier alpha value is -1.91. The zero-order valence-corrected chi connectivity index (χ0v) is 11.2. The molecule has 0 aromatic heterocycles. The molecule has 0 atom stereocenters. The highest BCUT2D eigenvalue weighted by Crippen LogP contribution is 2.31. The molecule has 2 aromatic rings. The highest BCUT2D eigenvalue weighted by Gasteiger charge is 2.07. The second-order valence-electron chi connectivity index (χ2n) is 3.69. The zero-order valence-electron chi connectivity index (χ0n) is 9.68. The fraction of sp³-hybridized carbons (Fsp3) is 0. The van der Waals surface area contributed by atoms with Crippen molar-refractivity contribution < 1.29 is 9.94 Å². The molecule has 0 saturated carbocycles. The molecule has 0 aliphatic carbocycles. The van der Waals surface area contributed by atoms with Crippen LogP contribution in [0.1, 0.15) is 5.56 Å². The molecule has 3 N–H and O–H groups in total. The van der Waals surface area contributed by atoms with Gasteiger partial charge in [0, 0.05) is 10.6 Å². The van der Waals surface area contributed by atoms with E-state index in [1.54, 1.807) is 42.5 Å². The van der Waals surface area contributed by atoms with Crippen molar-refractivity contribution in [2.24, 2.45) is 10.9 Å². The Balaban J connectivity index is 2.27. The third-order valence-corrected chi connectivity index (χ3v) is 2.89. The number of nitrogens with zero attached hydrogens (tertiary/aromatic N) is 1. The topological polar surface area (TPSA) is 67.8 Å². The van der Waals surface area contributed by atoms with Gasteiger partial charge in [-0.2, -0.15) is 0 Å². The van der Waals surface area contributed by atoms with Crippen LogP contribution in [0.25, 0.3) is 0 Å². The van der Waals surface area contributed by atoms with E-state index < -0.39 is 0 Å². The number of hydrogen-bond acceptors (Lipinski definition) is 3. The number of amidine groups is 1. The quantitative estimate of drug-likeness (QED) is 0.391. The van der Waals surface area contributed by atoms with Crippen LogP contribution >= 0.6 is 23.2 Å². The Kier molecular flexibility index (Phi) is 4.14. The molecule has 0 spiro atoms. The van der Waals surface area contributed by atoms with Gasteiger partial charge in [-0.15, -0.1) is 0 Å². The number of ether oxygens (including phenoxy) is 1. The molecular weight excluding hydrogens is 287 g/mol. The van der Waals surface area contributed by atoms with Crippen LogP contribution in [0.5, 0.6) is 11.5 Å². The number of nitrogens with two attached hydrogens (primary N) is 1. The Morgan fingerprint density at radius 3 is 2.58 bits per heavy atom. The maximum Gasteiger partial charge on any atom is 0.170 e. The van der Waals surface area contributed by atoms with Crippen LogP contribution in [-0.2, 0) is 0 Å². The van der Waals surface area contributed by atoms with Crippen molar-refractivity contribution in [1.82, 2.24) is 0 Å². The molecule has 19 heavy (non-hydrogen) atoms. The Bertz CT molecular complexity index is 630. The van der Waals surface area contributed by atoms with Crippen molar-refractivity contribution in [2.45, 2.75) is 0 Å². The van der Waals surface area contributed by atoms with E-state index in [4.69, 9.17) is 38.9 Å². The minimum absolute atomic E-state index is 0.0174. The molecule has 4 nitrogen and oxygen atoms in total. The van der Waals surface area contributed by atoms with Crippen molar-refractivity contribution in [3.63, 3.8) is 0 Å². The van der Waals surface area contributed by atoms with Crippen LogP contribution in [0.2, 0.25) is 10.0 Å². The largest absolute Gasteiger partial charge is 0.456 e. The number of halogens is 2. The van der Waals surface area contributed by atoms with Crippen molar-refractivity contribution >= 4 is 29.0 Å². The molecule has 0 bridgehead atoms. The first-order valence-electron chi connectivity index (χ1n) is 5.31. The van der Waals surface area contributed by atoms with Crippen LogP contribution < -0.4 is 10.5 Å². The van der Waals surface area contributed by atoms with Crippen LogP contribution in [0.4, 0.5) is 0 Å². The molecule has 2 rings (SSSR count). The van der Waals surface area contributed by atoms with Gasteiger partial charge in [0.05, 0.1) is 5.02 Å². The van der Waals surface area contributed by atoms with E-state index >= 15 is 0 Å². The monoisotopic (exact) mass is 296 g/mol. The number of benzene rings is 2. The summed E-state index contributed by atoms with van der Waals surface area (Å²) < 4.78 is 5.60. The SMILES string of the molecule is NC(=NO)c1ccc(Oc2cccc(Cl)c2)c(Cl)c1. The smallest absolute Gasteiger partial charge is 0.170 e. The van der Waals surface area contributed by atoms with Crippen molar-refractivity contribution in [1.29, 1.82) is 0 Å². The molecule has 2 aromatic carbocycles. The van der Waals surface area contributed by atoms with E-state index in [1.807, 2.05) is 0 Å². The molecule has 0 aliphatic heterocycles. The van der Waals surface area contributed by atoms with Gasteiger partial charge < -0.3 is 15.7 Å². The minimum Gasteiger partial charge on any atom is -0.456 e. The van der Waals surface area contributed by atoms with Gasteiger partial charge in [0.25, 0.3) is 0 Å². The summed E-state index contributed by atoms with van der Waals surface area (Å²) in [7, 11) is 0. The molecule has 0 saturated heterocycles. The van der Waals surface area contributed by atoms with Crippen molar-refractivity contribution in [2.75, 3.05) is 0 Å². The molecule has 0 radical (unpaired) electrons. The lowest BCUT2D eigenvalue weighted by Gasteiger charge is -2.09. The van der Waals surface area contributed by atoms with Gasteiger partial charge in [0.2, 0.25) is 0 Å². The molecule has 0 amide bonds. The van der Waals surface area contributed by atoms with Gasteiger partial charge in [-0.1, -0.05) is 34.4 Å². The van der Waals surface area contributed by atoms with E-state index in [0.29, 0.717) is 27.1 Å². The summed E-state index contributed by atoms with van der Waals surface area (Å²) in [6.45, 7) is 0. The Morgan fingerprint density at radius 1 is 1.16 bits per heavy atom. The van der Waals surface area contributed by atoms with E-state index in [2.05, 4.69) is 5.16 Å². The predicted molar refractivity (Wildman–Crippen MR) is 75.5 cm³/mol. The Morgan fingerprint density at radius 2 is 1.95 bits per heavy atom. The molecule has 0 heterocycles. The summed E-state index contributed by atoms with van der Waals surface area (Å²) in [5.74, 6) is 1.01. The van der Waals surface area contributed by atoms with Gasteiger partial charge in [-0.05, 0) is 36.4 Å². The second-order valence-corrected chi connectivity index (χ2v) is 4.53. The summed E-state index contributed by atoms with van der Waals surface area (Å²) >= 11 is 11.9. The standard InChI is InChI=1S/C13H10Cl2N2O2/c14-9-2-1-3-10(7-9)19-12-5-4-8(6-11(12)15)13(16)17-18/h1-7,18H,(H2,16,17). The van der Waals surface area contributed by atoms with Gasteiger partial charge in [-0.25, -0.2) is 0 Å². The fourth-order valence-electron chi connectivity index (χ4n) is 1.46. The summed E-state index contributed by atoms with van der Waals surface area (Å²) in [5.41, 5.74) is 5.97. The lowest BCUT2D eigenvalue weighted by Crippen LogP contribution is -2.12. The first kappa shape index (κ1) is 13.5. The number of hydrogen-bond donors (Lipinski definition) is 2. The highest BCUT2D eigenvalue weighted by molar-refractivity contribution is 6.32. The van der Waals surface area contributed by atoms with Crippen LogP contribution in [-0.4, -0.2) is 11.0 Å². The Labute approximate surface area is 120 Å². The summed E-state index contributed by atoms with van der Waals surface area (Å²) in [4.78, 5) is 0. The predicted octanol–water partition coefficient (Wildman–Crippen LogP) is 3.88. The van der Waals surface area contributed by atoms with Crippen LogP contribution in [0, 0.1) is 0 Å². The van der Waals surface area contributed by atoms with E-state index in [1.165, 1.54) is 0 Å². The van der Waals surface area contributed by atoms with Gasteiger partial charge >= 0.3 is 0 Å². The third-order valence-electron chi connectivity index (χ3n) is 2.36. The molecule has 0 aliphatic rings. The zero-order chi connectivity index (χ0) is 13.8. The average molecular weight is 297 g/mol. The van der Waals surface area contributed by atoms with Gasteiger partial charge in [0.15, 0.2) is 5.84 Å². The second kappa shape index (κ2) is 5.82. The minimum atomic E-state index is -0.0174. The van der Waals surface area contributed by atoms with E-state index in [9.17, 15) is 0 Å². The highest BCUT2D eigenvalue weighted by atomic mass is 35.5. The van der Waals surface area contributed by atoms with E-state index in [-0.39, 0.29) is 5.84 Å². The fourth-order valence-corrected chi connectivity index (χ4v) is 1.86. The lowest BCUT2D eigenvalue weighted by atomic mass is 10.2. The van der Waals surface area contributed by atoms with Crippen molar-refractivity contribution in [3.8, 4) is 11.5 Å². The molecule has 0 unspecified atom stereocenters. The number of oxime groups is 1. The molecule has 6 heteroatoms. The normalized spacial score (nSPS) is 11.4. The van der Waals surface area contributed by atoms with Crippen LogP contribution in [0.15, 0.2) is 47.6 Å². The number of rotatable bonds is 3. The first-order valence-corrected chi connectivity index (χ1v) is 6.06. The van der Waals surface area contributed by atoms with Gasteiger partial charge in [-0.3, -0.25) is 0 Å². The average Bonchev–Trinajstić information content (AvgIpc) is 2.40. The van der Waals surface area contributed by atoms with Gasteiger partial charge in [0.1, 0.15) is 11.5 Å². The van der Waals surface area contributed by atoms with E-state index in [0.717, 1.165) is 0 Å². The summed E-state index contributed by atoms with van der Waals surface area (Å²) in [6.07, 6.45) is 0. The van der Waals surface area contributed by atoms with Crippen LogP contribution in [0.3, 0.4) is 0 Å². The third kappa shape index (κ3) is 3.30. The molecule has 98 valence electrons. The molecule has 0 fully saturated rings. The maximum atomic E-state index is 8.59. The summed E-state index contributed by atoms with van der Waals surface area (Å²) in [6, 6.07) is 11.8. The maximum absolute atomic E-state index is 8.59.